The van der Waals surface area contributed by atoms with Crippen molar-refractivity contribution < 1.29 is 38.5 Å². The molecular formula is C95H82N18O14. The van der Waals surface area contributed by atoms with E-state index in [2.05, 4.69) is 30.9 Å². The number of para-hydroxylation sites is 3. The number of benzene rings is 6. The minimum Gasteiger partial charge on any atom is -0.481 e. The smallest absolute Gasteiger partial charge is 0.300 e. The number of pyridine rings is 3. The molecule has 0 aliphatic rings. The maximum absolute atomic E-state index is 13.6. The highest BCUT2D eigenvalue weighted by atomic mass is 16.5. The van der Waals surface area contributed by atoms with Crippen molar-refractivity contribution in [2.75, 3.05) is 16.0 Å². The van der Waals surface area contributed by atoms with Gasteiger partial charge >= 0.3 is 0 Å². The van der Waals surface area contributed by atoms with E-state index in [1.54, 1.807) is 220 Å². The molecule has 3 amide bonds. The van der Waals surface area contributed by atoms with Crippen LogP contribution >= 0.6 is 0 Å². The van der Waals surface area contributed by atoms with Crippen LogP contribution < -0.4 is 63.5 Å². The number of rotatable bonds is 18. The fourth-order valence-corrected chi connectivity index (χ4v) is 13.4. The SMILES string of the molecule is CC(=O)O.Cc1cccc(Oc2nc3c(C)cccn3c(=O)c2/C=C(\C#N)C(=O)Nc2c(C)n(C)n(-c3ccccc3)c2=O)c1.Cc1cccc(Oc2nc3c(C)cccn3c(=O)c2/C=C(\C#N)C(=O)Nc2c(C)n(C)n(-c3ccccc3)c2=O)c1.Cc1cccc(Oc2nc3c(C)cccn3c(=O)c2/C=C(\C#N)C(=O)Nc2c(C)n(C)n(-c3ccccc3)c2=O)c1. The van der Waals surface area contributed by atoms with Crippen molar-refractivity contribution in [3.63, 3.8) is 0 Å². The summed E-state index contributed by atoms with van der Waals surface area (Å²) in [6.07, 6.45) is 8.07. The van der Waals surface area contributed by atoms with Gasteiger partial charge in [-0.1, -0.05) is 109 Å². The third-order valence-corrected chi connectivity index (χ3v) is 20.1. The molecule has 32 nitrogen and oxygen atoms in total. The summed E-state index contributed by atoms with van der Waals surface area (Å²) in [6.45, 7) is 17.3. The van der Waals surface area contributed by atoms with Crippen LogP contribution in [-0.4, -0.2) is 85.0 Å². The normalized spacial score (nSPS) is 11.2. The van der Waals surface area contributed by atoms with Gasteiger partial charge in [0.05, 0.1) is 34.1 Å². The molecule has 0 radical (unpaired) electrons. The summed E-state index contributed by atoms with van der Waals surface area (Å²) in [5.41, 5.74) is 5.04. The fraction of sp³-hybridized carbons (Fsp3) is 0.137. The highest BCUT2D eigenvalue weighted by Gasteiger charge is 2.28. The van der Waals surface area contributed by atoms with Gasteiger partial charge in [-0.15, -0.1) is 0 Å². The zero-order chi connectivity index (χ0) is 91.4. The molecule has 0 aliphatic heterocycles. The largest absolute Gasteiger partial charge is 0.481 e. The Kier molecular flexibility index (Phi) is 26.8. The van der Waals surface area contributed by atoms with Crippen molar-refractivity contribution in [3.8, 4) is 70.2 Å². The first-order chi connectivity index (χ1) is 60.8. The van der Waals surface area contributed by atoms with Crippen LogP contribution in [0.5, 0.6) is 34.9 Å². The number of nitrogens with one attached hydrogen (secondary N) is 3. The second-order valence-electron chi connectivity index (χ2n) is 29.0. The van der Waals surface area contributed by atoms with Crippen LogP contribution in [0, 0.1) is 96.3 Å². The number of aryl methyl sites for hydroxylation is 6. The number of nitrogens with zero attached hydrogens (tertiary/aromatic N) is 15. The maximum Gasteiger partial charge on any atom is 0.300 e. The van der Waals surface area contributed by atoms with E-state index in [-0.39, 0.29) is 51.4 Å². The topological polar surface area (TPSA) is 408 Å². The predicted octanol–water partition coefficient (Wildman–Crippen LogP) is 13.4. The average Bonchev–Trinajstić information content (AvgIpc) is 0.867. The Morgan fingerprint density at radius 2 is 0.598 bits per heavy atom. The molecule has 0 atom stereocenters. The number of carboxylic acids is 1. The van der Waals surface area contributed by atoms with Crippen LogP contribution in [0.3, 0.4) is 0 Å². The van der Waals surface area contributed by atoms with E-state index >= 15 is 0 Å². The lowest BCUT2D eigenvalue weighted by atomic mass is 10.1. The molecule has 0 bridgehead atoms. The average molecular weight is 1700 g/mol. The minimum atomic E-state index is -0.853. The van der Waals surface area contributed by atoms with E-state index in [9.17, 15) is 58.9 Å². The second-order valence-corrected chi connectivity index (χ2v) is 29.0. The zero-order valence-electron chi connectivity index (χ0n) is 71.0. The van der Waals surface area contributed by atoms with Crippen LogP contribution in [0.1, 0.15) is 74.1 Å². The molecule has 0 spiro atoms. The van der Waals surface area contributed by atoms with Gasteiger partial charge < -0.3 is 35.3 Å². The first-order valence-electron chi connectivity index (χ1n) is 39.1. The van der Waals surface area contributed by atoms with Gasteiger partial charge in [0, 0.05) is 46.7 Å². The predicted molar refractivity (Wildman–Crippen MR) is 480 cm³/mol. The van der Waals surface area contributed by atoms with Crippen molar-refractivity contribution in [2.24, 2.45) is 21.1 Å². The summed E-state index contributed by atoms with van der Waals surface area (Å²) in [5.74, 6) is -2.25. The number of hydrogen-bond donors (Lipinski definition) is 4. The van der Waals surface area contributed by atoms with E-state index in [0.717, 1.165) is 58.5 Å². The Hall–Kier alpha value is -17.6. The van der Waals surface area contributed by atoms with Crippen LogP contribution in [0.15, 0.2) is 264 Å². The zero-order valence-corrected chi connectivity index (χ0v) is 71.0. The molecule has 32 heteroatoms. The molecule has 15 aromatic rings. The Bertz CT molecular complexity index is 6850. The van der Waals surface area contributed by atoms with E-state index in [4.69, 9.17) is 24.1 Å². The van der Waals surface area contributed by atoms with Gasteiger partial charge in [-0.3, -0.25) is 75.2 Å². The molecule has 4 N–H and O–H groups in total. The molecule has 6 aromatic carbocycles. The van der Waals surface area contributed by atoms with Crippen molar-refractivity contribution >= 4 is 75.9 Å². The lowest BCUT2D eigenvalue weighted by Gasteiger charge is -2.12. The number of aromatic nitrogens is 12. The Morgan fingerprint density at radius 1 is 0.354 bits per heavy atom. The van der Waals surface area contributed by atoms with E-state index in [1.165, 1.54) is 27.2 Å². The monoisotopic (exact) mass is 1700 g/mol. The number of carbonyl (C=O) groups excluding carboxylic acids is 3. The number of hydrogen-bond acceptors (Lipinski definition) is 19. The first kappa shape index (κ1) is 88.7. The summed E-state index contributed by atoms with van der Waals surface area (Å²) in [5, 5.41) is 44.9. The number of fused-ring (bicyclic) bond motifs is 3. The van der Waals surface area contributed by atoms with Gasteiger partial charge in [0.1, 0.15) is 103 Å². The number of anilines is 3. The van der Waals surface area contributed by atoms with Gasteiger partial charge in [0.25, 0.3) is 57.0 Å². The summed E-state index contributed by atoms with van der Waals surface area (Å²) < 4.78 is 31.1. The van der Waals surface area contributed by atoms with Gasteiger partial charge in [-0.2, -0.15) is 30.7 Å². The van der Waals surface area contributed by atoms with Crippen molar-refractivity contribution in [3.05, 3.63) is 365 Å². The second kappa shape index (κ2) is 38.4. The number of carboxylic acid groups (broad SMARTS) is 1. The molecule has 0 aliphatic carbocycles. The lowest BCUT2D eigenvalue weighted by Crippen LogP contribution is -2.24. The van der Waals surface area contributed by atoms with Crippen molar-refractivity contribution in [1.82, 2.24) is 56.2 Å². The maximum atomic E-state index is 13.6. The molecule has 0 saturated carbocycles. The van der Waals surface area contributed by atoms with Gasteiger partial charge in [-0.25, -0.2) is 14.0 Å². The third-order valence-electron chi connectivity index (χ3n) is 20.1. The highest BCUT2D eigenvalue weighted by molar-refractivity contribution is 6.11. The van der Waals surface area contributed by atoms with Gasteiger partial charge in [0.15, 0.2) is 0 Å². The fourth-order valence-electron chi connectivity index (χ4n) is 13.4. The third kappa shape index (κ3) is 19.3. The van der Waals surface area contributed by atoms with Gasteiger partial charge in [-0.05, 0) is 205 Å². The molecule has 0 fully saturated rings. The summed E-state index contributed by atoms with van der Waals surface area (Å²) in [4.78, 5) is 143. The molecule has 15 rings (SSSR count). The van der Waals surface area contributed by atoms with Crippen molar-refractivity contribution in [1.29, 1.82) is 15.8 Å². The highest BCUT2D eigenvalue weighted by Crippen LogP contribution is 2.31. The van der Waals surface area contributed by atoms with Crippen LogP contribution in [0.4, 0.5) is 17.1 Å². The summed E-state index contributed by atoms with van der Waals surface area (Å²) in [6, 6.07) is 64.6. The van der Waals surface area contributed by atoms with Crippen LogP contribution in [-0.2, 0) is 40.3 Å². The number of ether oxygens (including phenoxy) is 3. The Morgan fingerprint density at radius 3 is 0.827 bits per heavy atom. The van der Waals surface area contributed by atoms with E-state index in [0.29, 0.717) is 68.3 Å². The lowest BCUT2D eigenvalue weighted by molar-refractivity contribution is -0.134. The Balaban J connectivity index is 0.000000169. The van der Waals surface area contributed by atoms with E-state index < -0.39 is 73.8 Å². The van der Waals surface area contributed by atoms with Crippen LogP contribution in [0.2, 0.25) is 0 Å². The number of amides is 3. The first-order valence-corrected chi connectivity index (χ1v) is 39.1. The quantitative estimate of drug-likeness (QED) is 0.0458. The summed E-state index contributed by atoms with van der Waals surface area (Å²) in [7, 11) is 5.08. The molecule has 0 unspecified atom stereocenters. The van der Waals surface area contributed by atoms with Crippen LogP contribution in [0.25, 0.3) is 52.2 Å². The molecule has 127 heavy (non-hydrogen) atoms. The van der Waals surface area contributed by atoms with Gasteiger partial charge in [0.2, 0.25) is 17.6 Å². The standard InChI is InChI=1S/3C31H26N6O4.C2H4O2/c3*1-19-10-8-14-24(16-19)41-29-25(30(39)36-15-9-11-20(2)27(36)34-29)17-22(18-32)28(38)33-26-21(3)35(4)37(31(26)40)23-12-6-5-7-13-23;1-2(3)4/h3*5-17H,1-4H3,(H,33,38);1H3,(H,3,4)/b3*22-17+;. The molecule has 636 valence electrons. The number of carbonyl (C=O) groups is 4. The van der Waals surface area contributed by atoms with Crippen molar-refractivity contribution in [2.45, 2.75) is 69.2 Å². The molecule has 9 heterocycles. The Labute approximate surface area is 724 Å². The molecular weight excluding hydrogens is 1620 g/mol. The molecule has 0 saturated heterocycles. The summed E-state index contributed by atoms with van der Waals surface area (Å²) >= 11 is 0. The minimum absolute atomic E-state index is 0.0164. The number of nitriles is 3. The van der Waals surface area contributed by atoms with E-state index in [1.807, 2.05) is 114 Å². The molecule has 9 aromatic heterocycles. The number of aliphatic carboxylic acids is 1.